The van der Waals surface area contributed by atoms with Gasteiger partial charge in [0.2, 0.25) is 5.91 Å². The van der Waals surface area contributed by atoms with Crippen molar-refractivity contribution in [2.45, 2.75) is 44.2 Å². The Morgan fingerprint density at radius 2 is 2.29 bits per heavy atom. The third-order valence-corrected chi connectivity index (χ3v) is 4.33. The van der Waals surface area contributed by atoms with Crippen molar-refractivity contribution in [3.8, 4) is 0 Å². The van der Waals surface area contributed by atoms with Gasteiger partial charge in [0.1, 0.15) is 5.03 Å². The highest BCUT2D eigenvalue weighted by Crippen LogP contribution is 2.25. The number of carbonyl (C=O) groups is 1. The van der Waals surface area contributed by atoms with Crippen LogP contribution in [0, 0.1) is 5.92 Å². The number of anilines is 1. The second kappa shape index (κ2) is 6.77. The summed E-state index contributed by atoms with van der Waals surface area (Å²) in [6.45, 7) is 8.47. The second-order valence-corrected chi connectivity index (χ2v) is 7.10. The first-order chi connectivity index (χ1) is 9.90. The summed E-state index contributed by atoms with van der Waals surface area (Å²) in [5.41, 5.74) is 0.870. The van der Waals surface area contributed by atoms with Gasteiger partial charge in [0.05, 0.1) is 5.92 Å². The fraction of sp³-hybridized carbons (Fsp3) is 0.600. The van der Waals surface area contributed by atoms with Crippen LogP contribution in [0.3, 0.4) is 0 Å². The lowest BCUT2D eigenvalue weighted by Gasteiger charge is -2.41. The zero-order chi connectivity index (χ0) is 15.5. The van der Waals surface area contributed by atoms with E-state index in [1.165, 1.54) is 0 Å². The molecule has 0 bridgehead atoms. The van der Waals surface area contributed by atoms with Crippen LogP contribution in [0.4, 0.5) is 5.69 Å². The second-order valence-electron chi connectivity index (χ2n) is 6.45. The Morgan fingerprint density at radius 3 is 2.95 bits per heavy atom. The molecule has 0 radical (unpaired) electrons. The van der Waals surface area contributed by atoms with Gasteiger partial charge in [0.25, 0.3) is 0 Å². The van der Waals surface area contributed by atoms with Crippen molar-refractivity contribution >= 4 is 23.5 Å². The first-order valence-corrected chi connectivity index (χ1v) is 8.17. The fourth-order valence-corrected chi connectivity index (χ4v) is 2.91. The van der Waals surface area contributed by atoms with E-state index in [2.05, 4.69) is 36.0 Å². The minimum atomic E-state index is 0.0418. The van der Waals surface area contributed by atoms with Gasteiger partial charge in [0.15, 0.2) is 0 Å². The number of nitrogens with one attached hydrogen (secondary N) is 1. The highest BCUT2D eigenvalue weighted by atomic mass is 32.2. The number of aromatic nitrogens is 1. The van der Waals surface area contributed by atoms with Crippen LogP contribution in [0.5, 0.6) is 0 Å². The number of amides is 1. The average molecular weight is 308 g/mol. The summed E-state index contributed by atoms with van der Waals surface area (Å²) in [6.07, 6.45) is 3.67. The normalized spacial score (nSPS) is 20.3. The summed E-state index contributed by atoms with van der Waals surface area (Å²) in [5, 5.41) is 9.18. The summed E-state index contributed by atoms with van der Waals surface area (Å²) < 4.78 is 0. The number of hydrogen-bond donors (Lipinski definition) is 2. The molecule has 3 N–H and O–H groups in total. The van der Waals surface area contributed by atoms with Crippen LogP contribution in [0.25, 0.3) is 0 Å². The fourth-order valence-electron chi connectivity index (χ4n) is 2.60. The molecule has 0 aliphatic carbocycles. The third kappa shape index (κ3) is 4.43. The van der Waals surface area contributed by atoms with Crippen molar-refractivity contribution in [1.82, 2.24) is 9.88 Å². The molecule has 2 rings (SSSR count). The van der Waals surface area contributed by atoms with Crippen LogP contribution in [0.1, 0.15) is 33.6 Å². The van der Waals surface area contributed by atoms with Gasteiger partial charge in [-0.25, -0.2) is 4.98 Å². The Hall–Kier alpha value is -1.11. The van der Waals surface area contributed by atoms with Gasteiger partial charge in [-0.05, 0) is 64.2 Å². The molecule has 1 unspecified atom stereocenters. The van der Waals surface area contributed by atoms with E-state index in [1.807, 2.05) is 0 Å². The van der Waals surface area contributed by atoms with Crippen molar-refractivity contribution in [2.75, 3.05) is 18.4 Å². The first kappa shape index (κ1) is 16.3. The summed E-state index contributed by atoms with van der Waals surface area (Å²) in [5.74, 6) is 0.128. The van der Waals surface area contributed by atoms with Gasteiger partial charge >= 0.3 is 0 Å². The molecule has 116 valence electrons. The van der Waals surface area contributed by atoms with Gasteiger partial charge in [-0.3, -0.25) is 14.8 Å². The number of nitrogens with zero attached hydrogens (tertiary/aromatic N) is 2. The number of likely N-dealkylation sites (tertiary alicyclic amines) is 1. The van der Waals surface area contributed by atoms with Crippen LogP contribution in [0.15, 0.2) is 23.4 Å². The molecule has 1 amide bonds. The topological polar surface area (TPSA) is 71.2 Å². The summed E-state index contributed by atoms with van der Waals surface area (Å²) in [4.78, 5) is 18.9. The molecule has 5 nitrogen and oxygen atoms in total. The van der Waals surface area contributed by atoms with Crippen molar-refractivity contribution < 1.29 is 4.79 Å². The number of pyridine rings is 1. The molecule has 1 fully saturated rings. The van der Waals surface area contributed by atoms with E-state index in [4.69, 9.17) is 5.14 Å². The predicted octanol–water partition coefficient (Wildman–Crippen LogP) is 2.50. The standard InChI is InChI=1S/C15H24N4OS/c1-15(2,3)19-8-4-5-11(10-19)14(20)18-12-6-7-17-13(9-12)21-16/h6-7,9,11H,4-5,8,10,16H2,1-3H3,(H,17,18,20). The van der Waals surface area contributed by atoms with E-state index in [0.29, 0.717) is 5.03 Å². The average Bonchev–Trinajstić information content (AvgIpc) is 2.46. The third-order valence-electron chi connectivity index (χ3n) is 3.86. The van der Waals surface area contributed by atoms with E-state index in [9.17, 15) is 4.79 Å². The molecule has 0 spiro atoms. The summed E-state index contributed by atoms with van der Waals surface area (Å²) >= 11 is 1.08. The van der Waals surface area contributed by atoms with Gasteiger partial charge in [-0.1, -0.05) is 0 Å². The molecule has 21 heavy (non-hydrogen) atoms. The van der Waals surface area contributed by atoms with Gasteiger partial charge in [-0.2, -0.15) is 0 Å². The minimum absolute atomic E-state index is 0.0418. The SMILES string of the molecule is CC(C)(C)N1CCCC(C(=O)Nc2ccnc(SN)c2)C1. The van der Waals surface area contributed by atoms with Crippen LogP contribution in [0.2, 0.25) is 0 Å². The maximum atomic E-state index is 12.4. The Balaban J connectivity index is 1.99. The molecule has 1 aliphatic rings. The van der Waals surface area contributed by atoms with Crippen LogP contribution in [-0.4, -0.2) is 34.4 Å². The van der Waals surface area contributed by atoms with E-state index >= 15 is 0 Å². The quantitative estimate of drug-likeness (QED) is 0.840. The van der Waals surface area contributed by atoms with Crippen molar-refractivity contribution in [3.05, 3.63) is 18.3 Å². The number of piperidine rings is 1. The lowest BCUT2D eigenvalue weighted by Crippen LogP contribution is -2.49. The van der Waals surface area contributed by atoms with E-state index in [0.717, 1.165) is 43.6 Å². The first-order valence-electron chi connectivity index (χ1n) is 7.29. The van der Waals surface area contributed by atoms with E-state index in [1.54, 1.807) is 18.3 Å². The van der Waals surface area contributed by atoms with E-state index in [-0.39, 0.29) is 17.4 Å². The maximum absolute atomic E-state index is 12.4. The maximum Gasteiger partial charge on any atom is 0.228 e. The Bertz CT molecular complexity index is 501. The lowest BCUT2D eigenvalue weighted by molar-refractivity contribution is -0.122. The molecule has 2 heterocycles. The Morgan fingerprint density at radius 1 is 1.52 bits per heavy atom. The molecule has 1 aromatic rings. The van der Waals surface area contributed by atoms with Crippen molar-refractivity contribution in [1.29, 1.82) is 0 Å². The van der Waals surface area contributed by atoms with E-state index < -0.39 is 0 Å². The zero-order valence-corrected chi connectivity index (χ0v) is 13.7. The molecule has 1 atom stereocenters. The number of nitrogens with two attached hydrogens (primary N) is 1. The smallest absolute Gasteiger partial charge is 0.228 e. The Kier molecular flexibility index (Phi) is 5.24. The monoisotopic (exact) mass is 308 g/mol. The molecule has 6 heteroatoms. The highest BCUT2D eigenvalue weighted by molar-refractivity contribution is 7.97. The molecule has 1 aromatic heterocycles. The molecule has 0 saturated carbocycles. The van der Waals surface area contributed by atoms with Crippen molar-refractivity contribution in [2.24, 2.45) is 11.1 Å². The molecule has 1 saturated heterocycles. The zero-order valence-electron chi connectivity index (χ0n) is 12.9. The van der Waals surface area contributed by atoms with Gasteiger partial charge in [-0.15, -0.1) is 0 Å². The molecular weight excluding hydrogens is 284 g/mol. The van der Waals surface area contributed by atoms with Crippen LogP contribution >= 0.6 is 11.9 Å². The van der Waals surface area contributed by atoms with Gasteiger partial charge in [0, 0.05) is 24.0 Å². The largest absolute Gasteiger partial charge is 0.326 e. The number of hydrogen-bond acceptors (Lipinski definition) is 5. The Labute approximate surface area is 130 Å². The molecular formula is C15H24N4OS. The molecule has 0 aromatic carbocycles. The molecule has 1 aliphatic heterocycles. The summed E-state index contributed by atoms with van der Waals surface area (Å²) in [6, 6.07) is 3.59. The van der Waals surface area contributed by atoms with Crippen molar-refractivity contribution in [3.63, 3.8) is 0 Å². The number of rotatable bonds is 3. The van der Waals surface area contributed by atoms with Gasteiger partial charge < -0.3 is 5.32 Å². The summed E-state index contributed by atoms with van der Waals surface area (Å²) in [7, 11) is 0. The highest BCUT2D eigenvalue weighted by Gasteiger charge is 2.31. The number of carbonyl (C=O) groups excluding carboxylic acids is 1. The van der Waals surface area contributed by atoms with Crippen LogP contribution in [-0.2, 0) is 4.79 Å². The lowest BCUT2D eigenvalue weighted by atomic mass is 9.93. The predicted molar refractivity (Wildman–Crippen MR) is 87.0 cm³/mol. The minimum Gasteiger partial charge on any atom is -0.326 e. The van der Waals surface area contributed by atoms with Crippen LogP contribution < -0.4 is 10.5 Å².